The zero-order valence-electron chi connectivity index (χ0n) is 13.5. The van der Waals surface area contributed by atoms with Crippen LogP contribution in [0.1, 0.15) is 4.88 Å². The molecule has 1 fully saturated rings. The van der Waals surface area contributed by atoms with Gasteiger partial charge in [-0.3, -0.25) is 9.59 Å². The van der Waals surface area contributed by atoms with E-state index in [0.717, 1.165) is 11.4 Å². The first-order valence-corrected chi connectivity index (χ1v) is 8.65. The molecule has 1 aromatic heterocycles. The van der Waals surface area contributed by atoms with E-state index in [2.05, 4.69) is 16.0 Å². The molecule has 1 aliphatic rings. The number of para-hydroxylation sites is 2. The average Bonchev–Trinajstić information content (AvgIpc) is 3.10. The quantitative estimate of drug-likeness (QED) is 0.742. The molecule has 1 unspecified atom stereocenters. The van der Waals surface area contributed by atoms with Gasteiger partial charge in [-0.05, 0) is 23.6 Å². The first-order valence-electron chi connectivity index (χ1n) is 7.77. The van der Waals surface area contributed by atoms with Gasteiger partial charge in [-0.2, -0.15) is 0 Å². The Morgan fingerprint density at radius 1 is 1.16 bits per heavy atom. The van der Waals surface area contributed by atoms with E-state index in [1.807, 2.05) is 29.6 Å². The SMILES string of the molecule is Cl.O=C(Cc1cccs1)Nc1ccccc1NC(=O)C1CNCCO1. The summed E-state index contributed by atoms with van der Waals surface area (Å²) in [5.41, 5.74) is 1.15. The lowest BCUT2D eigenvalue weighted by molar-refractivity contribution is -0.128. The summed E-state index contributed by atoms with van der Waals surface area (Å²) in [6.45, 7) is 1.75. The third-order valence-corrected chi connectivity index (χ3v) is 4.47. The van der Waals surface area contributed by atoms with Gasteiger partial charge in [0.05, 0.1) is 24.4 Å². The molecular formula is C17H20ClN3O3S. The zero-order chi connectivity index (χ0) is 16.8. The monoisotopic (exact) mass is 381 g/mol. The van der Waals surface area contributed by atoms with Crippen LogP contribution >= 0.6 is 23.7 Å². The molecule has 2 heterocycles. The fourth-order valence-electron chi connectivity index (χ4n) is 2.41. The first-order chi connectivity index (χ1) is 11.7. The number of carbonyl (C=O) groups is 2. The van der Waals surface area contributed by atoms with Crippen molar-refractivity contribution in [2.75, 3.05) is 30.3 Å². The van der Waals surface area contributed by atoms with Gasteiger partial charge in [-0.1, -0.05) is 18.2 Å². The molecule has 0 spiro atoms. The lowest BCUT2D eigenvalue weighted by Crippen LogP contribution is -2.45. The van der Waals surface area contributed by atoms with Crippen LogP contribution < -0.4 is 16.0 Å². The number of halogens is 1. The molecule has 25 heavy (non-hydrogen) atoms. The molecule has 0 aliphatic carbocycles. The highest BCUT2D eigenvalue weighted by Gasteiger charge is 2.22. The van der Waals surface area contributed by atoms with E-state index >= 15 is 0 Å². The summed E-state index contributed by atoms with van der Waals surface area (Å²) in [5, 5.41) is 10.7. The molecule has 2 aromatic rings. The number of thiophene rings is 1. The molecule has 1 saturated heterocycles. The summed E-state index contributed by atoms with van der Waals surface area (Å²) in [6, 6.07) is 11.0. The topological polar surface area (TPSA) is 79.5 Å². The van der Waals surface area contributed by atoms with Crippen LogP contribution in [0.15, 0.2) is 41.8 Å². The van der Waals surface area contributed by atoms with Gasteiger partial charge in [-0.25, -0.2) is 0 Å². The van der Waals surface area contributed by atoms with Crippen molar-refractivity contribution in [1.82, 2.24) is 5.32 Å². The second kappa shape index (κ2) is 9.53. The van der Waals surface area contributed by atoms with Crippen molar-refractivity contribution in [2.45, 2.75) is 12.5 Å². The maximum absolute atomic E-state index is 12.3. The third kappa shape index (κ3) is 5.54. The number of benzene rings is 1. The summed E-state index contributed by atoms with van der Waals surface area (Å²) < 4.78 is 5.44. The second-order valence-corrected chi connectivity index (χ2v) is 6.43. The lowest BCUT2D eigenvalue weighted by atomic mass is 10.2. The minimum Gasteiger partial charge on any atom is -0.366 e. The van der Waals surface area contributed by atoms with Gasteiger partial charge in [0.25, 0.3) is 5.91 Å². The number of nitrogens with one attached hydrogen (secondary N) is 3. The summed E-state index contributed by atoms with van der Waals surface area (Å²) in [6.07, 6.45) is -0.205. The third-order valence-electron chi connectivity index (χ3n) is 3.59. The predicted molar refractivity (Wildman–Crippen MR) is 102 cm³/mol. The number of rotatable bonds is 5. The van der Waals surface area contributed by atoms with E-state index in [1.165, 1.54) is 0 Å². The summed E-state index contributed by atoms with van der Waals surface area (Å²) >= 11 is 1.54. The minimum atomic E-state index is -0.520. The van der Waals surface area contributed by atoms with Crippen molar-refractivity contribution in [3.8, 4) is 0 Å². The van der Waals surface area contributed by atoms with Crippen LogP contribution in [0.5, 0.6) is 0 Å². The predicted octanol–water partition coefficient (Wildman–Crippen LogP) is 2.28. The second-order valence-electron chi connectivity index (χ2n) is 5.40. The van der Waals surface area contributed by atoms with Crippen molar-refractivity contribution >= 4 is 46.9 Å². The highest BCUT2D eigenvalue weighted by molar-refractivity contribution is 7.10. The van der Waals surface area contributed by atoms with Crippen molar-refractivity contribution in [3.05, 3.63) is 46.7 Å². The molecule has 1 aliphatic heterocycles. The van der Waals surface area contributed by atoms with Gasteiger partial charge in [0, 0.05) is 18.0 Å². The fraction of sp³-hybridized carbons (Fsp3) is 0.294. The van der Waals surface area contributed by atoms with Crippen molar-refractivity contribution in [1.29, 1.82) is 0 Å². The van der Waals surface area contributed by atoms with Crippen LogP contribution in [0.4, 0.5) is 11.4 Å². The Morgan fingerprint density at radius 3 is 2.56 bits per heavy atom. The maximum Gasteiger partial charge on any atom is 0.254 e. The molecule has 0 radical (unpaired) electrons. The van der Waals surface area contributed by atoms with Gasteiger partial charge < -0.3 is 20.7 Å². The van der Waals surface area contributed by atoms with Crippen LogP contribution in [-0.4, -0.2) is 37.6 Å². The number of ether oxygens (including phenoxy) is 1. The zero-order valence-corrected chi connectivity index (χ0v) is 15.1. The number of hydrogen-bond donors (Lipinski definition) is 3. The van der Waals surface area contributed by atoms with Crippen molar-refractivity contribution in [2.24, 2.45) is 0 Å². The maximum atomic E-state index is 12.3. The van der Waals surface area contributed by atoms with Crippen LogP contribution in [0.25, 0.3) is 0 Å². The molecule has 1 atom stereocenters. The van der Waals surface area contributed by atoms with Gasteiger partial charge in [0.2, 0.25) is 5.91 Å². The number of carbonyl (C=O) groups excluding carboxylic acids is 2. The Morgan fingerprint density at radius 2 is 1.92 bits per heavy atom. The largest absolute Gasteiger partial charge is 0.366 e. The van der Waals surface area contributed by atoms with Crippen molar-refractivity contribution < 1.29 is 14.3 Å². The first kappa shape index (κ1) is 19.4. The van der Waals surface area contributed by atoms with Crippen LogP contribution in [-0.2, 0) is 20.7 Å². The fourth-order valence-corrected chi connectivity index (χ4v) is 3.12. The Kier molecular flexibility index (Phi) is 7.39. The molecule has 3 rings (SSSR count). The lowest BCUT2D eigenvalue weighted by Gasteiger charge is -2.23. The van der Waals surface area contributed by atoms with Gasteiger partial charge in [0.15, 0.2) is 0 Å². The Bertz CT molecular complexity index is 703. The average molecular weight is 382 g/mol. The molecule has 134 valence electrons. The normalized spacial score (nSPS) is 16.6. The summed E-state index contributed by atoms with van der Waals surface area (Å²) in [4.78, 5) is 25.4. The van der Waals surface area contributed by atoms with Gasteiger partial charge >= 0.3 is 0 Å². The van der Waals surface area contributed by atoms with Crippen LogP contribution in [0.3, 0.4) is 0 Å². The Labute approximate surface area is 156 Å². The smallest absolute Gasteiger partial charge is 0.254 e. The summed E-state index contributed by atoms with van der Waals surface area (Å²) in [5.74, 6) is -0.336. The highest BCUT2D eigenvalue weighted by Crippen LogP contribution is 2.22. The van der Waals surface area contributed by atoms with Crippen molar-refractivity contribution in [3.63, 3.8) is 0 Å². The standard InChI is InChI=1S/C17H19N3O3S.ClH/c21-16(10-12-4-3-9-24-12)19-13-5-1-2-6-14(13)20-17(22)15-11-18-7-8-23-15;/h1-6,9,15,18H,7-8,10-11H2,(H,19,21)(H,20,22);1H. The number of morpholine rings is 1. The number of anilines is 2. The molecule has 3 N–H and O–H groups in total. The molecule has 6 nitrogen and oxygen atoms in total. The molecule has 0 bridgehead atoms. The Hall–Kier alpha value is -1.93. The summed E-state index contributed by atoms with van der Waals surface area (Å²) in [7, 11) is 0. The van der Waals surface area contributed by atoms with E-state index < -0.39 is 6.10 Å². The van der Waals surface area contributed by atoms with E-state index in [-0.39, 0.29) is 24.2 Å². The van der Waals surface area contributed by atoms with Gasteiger partial charge in [0.1, 0.15) is 6.10 Å². The Balaban J connectivity index is 0.00000225. The van der Waals surface area contributed by atoms with Crippen LogP contribution in [0.2, 0.25) is 0 Å². The van der Waals surface area contributed by atoms with E-state index in [0.29, 0.717) is 30.9 Å². The van der Waals surface area contributed by atoms with Crippen LogP contribution in [0, 0.1) is 0 Å². The van der Waals surface area contributed by atoms with Gasteiger partial charge in [-0.15, -0.1) is 23.7 Å². The van der Waals surface area contributed by atoms with E-state index in [1.54, 1.807) is 23.5 Å². The molecule has 2 amide bonds. The van der Waals surface area contributed by atoms with E-state index in [9.17, 15) is 9.59 Å². The molecule has 1 aromatic carbocycles. The number of amides is 2. The number of hydrogen-bond acceptors (Lipinski definition) is 5. The molecule has 8 heteroatoms. The minimum absolute atomic E-state index is 0. The molecule has 0 saturated carbocycles. The molecular weight excluding hydrogens is 362 g/mol. The highest BCUT2D eigenvalue weighted by atomic mass is 35.5. The van der Waals surface area contributed by atoms with E-state index in [4.69, 9.17) is 4.74 Å².